The van der Waals surface area contributed by atoms with Gasteiger partial charge in [0, 0.05) is 16.5 Å². The maximum Gasteiger partial charge on any atom is 0.101 e. The predicted molar refractivity (Wildman–Crippen MR) is 88.4 cm³/mol. The van der Waals surface area contributed by atoms with Gasteiger partial charge in [-0.25, -0.2) is 0 Å². The van der Waals surface area contributed by atoms with Crippen LogP contribution in [0.1, 0.15) is 16.7 Å². The second-order valence-corrected chi connectivity index (χ2v) is 5.89. The Labute approximate surface area is 128 Å². The summed E-state index contributed by atoms with van der Waals surface area (Å²) < 4.78 is 3.37. The summed E-state index contributed by atoms with van der Waals surface area (Å²) in [7, 11) is 0. The Morgan fingerprint density at radius 3 is 2.81 bits per heavy atom. The number of hydrogen-bond donors (Lipinski definition) is 2. The summed E-state index contributed by atoms with van der Waals surface area (Å²) in [5, 5.41) is 10.2. The molecule has 0 radical (unpaired) electrons. The number of fused-ring (bicyclic) bond motifs is 1. The Balaban J connectivity index is 1.93. The summed E-state index contributed by atoms with van der Waals surface area (Å²) in [5.74, 6) is 0. The number of nitrogens with one attached hydrogen (secondary N) is 2. The van der Waals surface area contributed by atoms with Crippen LogP contribution in [0.5, 0.6) is 0 Å². The van der Waals surface area contributed by atoms with Gasteiger partial charge in [-0.05, 0) is 55.1 Å². The topological polar surface area (TPSA) is 51.6 Å². The maximum atomic E-state index is 9.18. The molecular weight excluding hydrogens is 278 g/mol. The van der Waals surface area contributed by atoms with Crippen molar-refractivity contribution in [3.63, 3.8) is 0 Å². The van der Waals surface area contributed by atoms with E-state index in [-0.39, 0.29) is 0 Å². The molecule has 0 bridgehead atoms. The Morgan fingerprint density at radius 2 is 2.05 bits per heavy atom. The molecule has 4 heteroatoms. The van der Waals surface area contributed by atoms with Crippen molar-refractivity contribution in [3.8, 4) is 6.07 Å². The van der Waals surface area contributed by atoms with Gasteiger partial charge in [-0.1, -0.05) is 18.2 Å². The molecule has 3 rings (SSSR count). The molecule has 0 saturated heterocycles. The molecule has 0 atom stereocenters. The summed E-state index contributed by atoms with van der Waals surface area (Å²) >= 11 is 1.57. The number of hydrogen-bond acceptors (Lipinski definition) is 3. The molecule has 3 nitrogen and oxygen atoms in total. The van der Waals surface area contributed by atoms with E-state index in [1.54, 1.807) is 18.1 Å². The first-order chi connectivity index (χ1) is 10.2. The van der Waals surface area contributed by atoms with Crippen molar-refractivity contribution in [2.75, 3.05) is 4.72 Å². The smallest absolute Gasteiger partial charge is 0.101 e. The zero-order valence-corrected chi connectivity index (χ0v) is 12.7. The van der Waals surface area contributed by atoms with Crippen molar-refractivity contribution in [2.24, 2.45) is 0 Å². The molecule has 0 spiro atoms. The minimum atomic E-state index is 0.687. The summed E-state index contributed by atoms with van der Waals surface area (Å²) in [6.07, 6.45) is 1.76. The van der Waals surface area contributed by atoms with Crippen LogP contribution in [0.2, 0.25) is 0 Å². The summed E-state index contributed by atoms with van der Waals surface area (Å²) in [6.45, 7) is 4.10. The van der Waals surface area contributed by atoms with E-state index in [2.05, 4.69) is 40.9 Å². The van der Waals surface area contributed by atoms with E-state index >= 15 is 0 Å². The quantitative estimate of drug-likeness (QED) is 0.683. The second kappa shape index (κ2) is 5.55. The van der Waals surface area contributed by atoms with Crippen LogP contribution in [0.4, 0.5) is 5.69 Å². The SMILES string of the molecule is Cc1cccc(SNc2ccc(C)c3c(C#N)c[nH]c23)c1. The van der Waals surface area contributed by atoms with Crippen LogP contribution >= 0.6 is 11.9 Å². The molecule has 104 valence electrons. The molecule has 21 heavy (non-hydrogen) atoms. The van der Waals surface area contributed by atoms with Gasteiger partial charge < -0.3 is 9.71 Å². The van der Waals surface area contributed by atoms with Gasteiger partial charge in [0.25, 0.3) is 0 Å². The van der Waals surface area contributed by atoms with Crippen molar-refractivity contribution in [1.29, 1.82) is 5.26 Å². The van der Waals surface area contributed by atoms with Crippen LogP contribution in [-0.4, -0.2) is 4.98 Å². The molecule has 3 aromatic rings. The van der Waals surface area contributed by atoms with E-state index in [1.807, 2.05) is 25.1 Å². The maximum absolute atomic E-state index is 9.18. The molecule has 1 heterocycles. The van der Waals surface area contributed by atoms with E-state index in [4.69, 9.17) is 0 Å². The highest BCUT2D eigenvalue weighted by Gasteiger charge is 2.10. The van der Waals surface area contributed by atoms with E-state index in [0.717, 1.165) is 27.0 Å². The average molecular weight is 293 g/mol. The van der Waals surface area contributed by atoms with Crippen LogP contribution in [0.15, 0.2) is 47.5 Å². The highest BCUT2D eigenvalue weighted by Crippen LogP contribution is 2.31. The minimum absolute atomic E-state index is 0.687. The Kier molecular flexibility index (Phi) is 3.59. The first-order valence-corrected chi connectivity index (χ1v) is 7.51. The Bertz CT molecular complexity index is 843. The van der Waals surface area contributed by atoms with Crippen LogP contribution in [0.3, 0.4) is 0 Å². The number of H-pyrrole nitrogens is 1. The van der Waals surface area contributed by atoms with Crippen LogP contribution in [0, 0.1) is 25.2 Å². The van der Waals surface area contributed by atoms with E-state index < -0.39 is 0 Å². The number of anilines is 1. The van der Waals surface area contributed by atoms with Gasteiger partial charge in [0.05, 0.1) is 16.8 Å². The number of rotatable bonds is 3. The van der Waals surface area contributed by atoms with Gasteiger partial charge in [0.15, 0.2) is 0 Å². The number of nitriles is 1. The molecule has 0 fully saturated rings. The van der Waals surface area contributed by atoms with Crippen molar-refractivity contribution in [1.82, 2.24) is 4.98 Å². The van der Waals surface area contributed by atoms with Crippen LogP contribution in [-0.2, 0) is 0 Å². The highest BCUT2D eigenvalue weighted by molar-refractivity contribution is 8.00. The molecule has 2 aromatic carbocycles. The monoisotopic (exact) mass is 293 g/mol. The van der Waals surface area contributed by atoms with Crippen molar-refractivity contribution in [3.05, 3.63) is 59.3 Å². The Morgan fingerprint density at radius 1 is 1.19 bits per heavy atom. The van der Waals surface area contributed by atoms with Gasteiger partial charge in [0.2, 0.25) is 0 Å². The standard InChI is InChI=1S/C17H15N3S/c1-11-4-3-5-14(8-11)21-20-15-7-6-12(2)16-13(9-18)10-19-17(15)16/h3-8,10,19-20H,1-2H3. The summed E-state index contributed by atoms with van der Waals surface area (Å²) in [5.41, 5.74) is 5.00. The van der Waals surface area contributed by atoms with Gasteiger partial charge >= 0.3 is 0 Å². The number of aryl methyl sites for hydroxylation is 2. The van der Waals surface area contributed by atoms with E-state index in [0.29, 0.717) is 5.56 Å². The molecule has 0 unspecified atom stereocenters. The number of benzene rings is 2. The minimum Gasteiger partial charge on any atom is -0.358 e. The molecule has 0 saturated carbocycles. The van der Waals surface area contributed by atoms with Crippen molar-refractivity contribution in [2.45, 2.75) is 18.7 Å². The molecule has 0 amide bonds. The third kappa shape index (κ3) is 2.61. The molecule has 0 aliphatic rings. The van der Waals surface area contributed by atoms with Crippen molar-refractivity contribution < 1.29 is 0 Å². The van der Waals surface area contributed by atoms with E-state index in [9.17, 15) is 5.26 Å². The largest absolute Gasteiger partial charge is 0.358 e. The van der Waals surface area contributed by atoms with Gasteiger partial charge in [-0.15, -0.1) is 0 Å². The van der Waals surface area contributed by atoms with Gasteiger partial charge in [0.1, 0.15) is 6.07 Å². The van der Waals surface area contributed by atoms with Gasteiger partial charge in [-0.2, -0.15) is 5.26 Å². The van der Waals surface area contributed by atoms with Crippen molar-refractivity contribution >= 4 is 28.5 Å². The predicted octanol–water partition coefficient (Wildman–Crippen LogP) is 4.78. The fourth-order valence-electron chi connectivity index (χ4n) is 2.39. The summed E-state index contributed by atoms with van der Waals surface area (Å²) in [4.78, 5) is 4.36. The molecular formula is C17H15N3S. The number of aromatic amines is 1. The Hall–Kier alpha value is -2.38. The van der Waals surface area contributed by atoms with Crippen LogP contribution in [0.25, 0.3) is 10.9 Å². The lowest BCUT2D eigenvalue weighted by Gasteiger charge is -2.08. The zero-order valence-electron chi connectivity index (χ0n) is 11.9. The van der Waals surface area contributed by atoms with Crippen LogP contribution < -0.4 is 4.72 Å². The third-order valence-corrected chi connectivity index (χ3v) is 4.24. The zero-order chi connectivity index (χ0) is 14.8. The molecule has 1 aromatic heterocycles. The fourth-order valence-corrected chi connectivity index (χ4v) is 3.18. The average Bonchev–Trinajstić information content (AvgIpc) is 2.92. The third-order valence-electron chi connectivity index (χ3n) is 3.43. The van der Waals surface area contributed by atoms with E-state index in [1.165, 1.54) is 5.56 Å². The first kappa shape index (κ1) is 13.6. The lowest BCUT2D eigenvalue weighted by Crippen LogP contribution is -1.90. The lowest BCUT2D eigenvalue weighted by molar-refractivity contribution is 1.36. The molecule has 2 N–H and O–H groups in total. The molecule has 0 aliphatic heterocycles. The lowest BCUT2D eigenvalue weighted by atomic mass is 10.1. The normalized spacial score (nSPS) is 10.5. The first-order valence-electron chi connectivity index (χ1n) is 6.69. The summed E-state index contributed by atoms with van der Waals surface area (Å²) in [6, 6.07) is 14.7. The van der Waals surface area contributed by atoms with Gasteiger partial charge in [-0.3, -0.25) is 0 Å². The fraction of sp³-hybridized carbons (Fsp3) is 0.118. The second-order valence-electron chi connectivity index (χ2n) is 5.01. The highest BCUT2D eigenvalue weighted by atomic mass is 32.2. The number of nitrogens with zero attached hydrogens (tertiary/aromatic N) is 1. The molecule has 0 aliphatic carbocycles. The number of aromatic nitrogens is 1.